The first-order chi connectivity index (χ1) is 20.0. The van der Waals surface area contributed by atoms with Crippen LogP contribution in [0.15, 0.2) is 56.8 Å². The van der Waals surface area contributed by atoms with E-state index in [1.807, 2.05) is 0 Å². The molecule has 0 bridgehead atoms. The molecule has 3 amide bonds. The Bertz CT molecular complexity index is 1640. The maximum absolute atomic E-state index is 14.0. The molecule has 1 aromatic heterocycles. The third kappa shape index (κ3) is 5.27. The van der Waals surface area contributed by atoms with E-state index in [-0.39, 0.29) is 28.8 Å². The van der Waals surface area contributed by atoms with Gasteiger partial charge in [0.15, 0.2) is 6.61 Å². The number of thioether (sulfide) groups is 1. The molecule has 3 atom stereocenters. The Hall–Kier alpha value is -3.14. The average molecular weight is 685 g/mol. The highest BCUT2D eigenvalue weighted by atomic mass is 79.9. The lowest BCUT2D eigenvalue weighted by atomic mass is 9.82. The molecule has 220 valence electrons. The summed E-state index contributed by atoms with van der Waals surface area (Å²) in [6.45, 7) is 1.42. The number of rotatable bonds is 5. The van der Waals surface area contributed by atoms with Gasteiger partial charge in [0.2, 0.25) is 11.8 Å². The Labute approximate surface area is 253 Å². The van der Waals surface area contributed by atoms with Crippen molar-refractivity contribution in [3.8, 4) is 5.75 Å². The van der Waals surface area contributed by atoms with Crippen molar-refractivity contribution in [3.05, 3.63) is 72.6 Å². The van der Waals surface area contributed by atoms with E-state index in [9.17, 15) is 32.3 Å². The van der Waals surface area contributed by atoms with Gasteiger partial charge in [-0.1, -0.05) is 45.1 Å². The van der Waals surface area contributed by atoms with Gasteiger partial charge in [-0.05, 0) is 36.4 Å². The Morgan fingerprint density at radius 3 is 2.60 bits per heavy atom. The quantitative estimate of drug-likeness (QED) is 0.401. The average Bonchev–Trinajstić information content (AvgIpc) is 3.46. The van der Waals surface area contributed by atoms with E-state index in [0.29, 0.717) is 46.2 Å². The van der Waals surface area contributed by atoms with E-state index in [0.717, 1.165) is 46.2 Å². The van der Waals surface area contributed by atoms with Crippen molar-refractivity contribution in [2.24, 2.45) is 5.92 Å². The van der Waals surface area contributed by atoms with Crippen LogP contribution < -0.4 is 14.5 Å². The van der Waals surface area contributed by atoms with Crippen molar-refractivity contribution >= 4 is 62.4 Å². The summed E-state index contributed by atoms with van der Waals surface area (Å²) in [6.07, 6.45) is -4.67. The number of halogens is 4. The number of benzene rings is 2. The highest BCUT2D eigenvalue weighted by molar-refractivity contribution is 9.10. The van der Waals surface area contributed by atoms with Gasteiger partial charge in [-0.15, -0.1) is 0 Å². The number of ether oxygens (including phenoxy) is 2. The minimum Gasteiger partial charge on any atom is -0.483 e. The lowest BCUT2D eigenvalue weighted by molar-refractivity contribution is -0.138. The molecule has 9 nitrogen and oxygen atoms in total. The molecule has 6 rings (SSSR count). The van der Waals surface area contributed by atoms with Crippen LogP contribution in [0.25, 0.3) is 0 Å². The molecule has 0 radical (unpaired) electrons. The molecule has 3 aromatic rings. The van der Waals surface area contributed by atoms with Gasteiger partial charge in [0, 0.05) is 33.9 Å². The van der Waals surface area contributed by atoms with E-state index < -0.39 is 40.6 Å². The fraction of sp³-hybridized carbons (Fsp3) is 0.333. The summed E-state index contributed by atoms with van der Waals surface area (Å²) in [6, 6.07) is 9.09. The zero-order valence-corrected chi connectivity index (χ0v) is 24.7. The monoisotopic (exact) mass is 683 g/mol. The normalized spacial score (nSPS) is 22.2. The molecule has 4 heterocycles. The highest BCUT2D eigenvalue weighted by Crippen LogP contribution is 2.55. The number of fused-ring (bicyclic) bond motifs is 2. The largest absolute Gasteiger partial charge is 0.483 e. The molecule has 0 aliphatic carbocycles. The highest BCUT2D eigenvalue weighted by Gasteiger charge is 2.57. The van der Waals surface area contributed by atoms with Gasteiger partial charge in [-0.2, -0.15) is 13.2 Å². The van der Waals surface area contributed by atoms with E-state index in [2.05, 4.69) is 20.9 Å². The summed E-state index contributed by atoms with van der Waals surface area (Å²) >= 11 is 5.34. The minimum absolute atomic E-state index is 0.188. The minimum atomic E-state index is -4.67. The van der Waals surface area contributed by atoms with Gasteiger partial charge in [0.25, 0.3) is 5.91 Å². The van der Waals surface area contributed by atoms with Crippen LogP contribution >= 0.6 is 39.0 Å². The van der Waals surface area contributed by atoms with Crippen LogP contribution in [0.4, 0.5) is 18.9 Å². The van der Waals surface area contributed by atoms with E-state index in [1.165, 1.54) is 6.07 Å². The lowest BCUT2D eigenvalue weighted by Crippen LogP contribution is -2.43. The number of aromatic nitrogens is 1. The zero-order chi connectivity index (χ0) is 29.8. The third-order valence-electron chi connectivity index (χ3n) is 7.28. The predicted octanol–water partition coefficient (Wildman–Crippen LogP) is 4.25. The summed E-state index contributed by atoms with van der Waals surface area (Å²) in [5.74, 6) is -3.25. The Morgan fingerprint density at radius 1 is 1.10 bits per heavy atom. The molecule has 0 unspecified atom stereocenters. The van der Waals surface area contributed by atoms with Crippen LogP contribution in [0.5, 0.6) is 5.75 Å². The standard InChI is InChI=1S/C27H21BrF3N3O6S2/c28-14-4-5-17(40-12-18(35)33-6-8-39-9-7-33)16(11-14)19-20-22(41-23-21(19)42-26(38)32-23)25(37)34(24(20)36)15-3-1-2-13(10-15)27(29,30)31/h1-5,10-11,19-20,22H,6-9,12H2,(H,32,38)/t19-,20-,22+/m0/s1. The Kier molecular flexibility index (Phi) is 7.70. The van der Waals surface area contributed by atoms with Gasteiger partial charge in [-0.25, -0.2) is 4.90 Å². The van der Waals surface area contributed by atoms with E-state index >= 15 is 0 Å². The number of carbonyl (C=O) groups excluding carboxylic acids is 3. The van der Waals surface area contributed by atoms with Crippen molar-refractivity contribution in [2.75, 3.05) is 37.8 Å². The predicted molar refractivity (Wildman–Crippen MR) is 151 cm³/mol. The van der Waals surface area contributed by atoms with Crippen molar-refractivity contribution < 1.29 is 37.0 Å². The number of hydrogen-bond acceptors (Lipinski definition) is 8. The first kappa shape index (κ1) is 29.0. The third-order valence-corrected chi connectivity index (χ3v) is 10.2. The van der Waals surface area contributed by atoms with E-state index in [1.54, 1.807) is 23.1 Å². The fourth-order valence-electron chi connectivity index (χ4n) is 5.37. The van der Waals surface area contributed by atoms with Crippen LogP contribution in [0.3, 0.4) is 0 Å². The summed E-state index contributed by atoms with van der Waals surface area (Å²) in [4.78, 5) is 58.1. The van der Waals surface area contributed by atoms with Gasteiger partial charge in [0.1, 0.15) is 11.0 Å². The number of amides is 3. The lowest BCUT2D eigenvalue weighted by Gasteiger charge is -2.31. The number of nitrogens with one attached hydrogen (secondary N) is 1. The second-order valence-corrected chi connectivity index (χ2v) is 12.9. The molecule has 42 heavy (non-hydrogen) atoms. The number of thiazole rings is 1. The number of nitrogens with zero attached hydrogens (tertiary/aromatic N) is 2. The molecule has 3 aliphatic rings. The number of H-pyrrole nitrogens is 1. The van der Waals surface area contributed by atoms with E-state index in [4.69, 9.17) is 9.47 Å². The molecular formula is C27H21BrF3N3O6S2. The first-order valence-electron chi connectivity index (χ1n) is 12.8. The number of alkyl halides is 3. The number of anilines is 1. The number of aromatic amines is 1. The zero-order valence-electron chi connectivity index (χ0n) is 21.5. The maximum Gasteiger partial charge on any atom is 0.416 e. The number of hydrogen-bond donors (Lipinski definition) is 1. The molecule has 0 spiro atoms. The summed E-state index contributed by atoms with van der Waals surface area (Å²) in [5.41, 5.74) is -0.721. The maximum atomic E-state index is 14.0. The number of imide groups is 1. The summed E-state index contributed by atoms with van der Waals surface area (Å²) in [7, 11) is 0. The Balaban J connectivity index is 1.39. The van der Waals surface area contributed by atoms with Crippen LogP contribution in [0.2, 0.25) is 0 Å². The molecular weight excluding hydrogens is 663 g/mol. The second-order valence-electron chi connectivity index (χ2n) is 9.77. The van der Waals surface area contributed by atoms with Gasteiger partial charge < -0.3 is 19.4 Å². The summed E-state index contributed by atoms with van der Waals surface area (Å²) in [5, 5.41) is -0.616. The van der Waals surface area contributed by atoms with Crippen LogP contribution in [0.1, 0.15) is 21.9 Å². The van der Waals surface area contributed by atoms with Crippen LogP contribution in [-0.4, -0.2) is 65.8 Å². The topological polar surface area (TPSA) is 109 Å². The number of carbonyl (C=O) groups is 3. The molecule has 2 saturated heterocycles. The van der Waals surface area contributed by atoms with Gasteiger partial charge >= 0.3 is 11.0 Å². The first-order valence-corrected chi connectivity index (χ1v) is 15.2. The van der Waals surface area contributed by atoms with Crippen molar-refractivity contribution in [3.63, 3.8) is 0 Å². The Morgan fingerprint density at radius 2 is 1.86 bits per heavy atom. The number of morpholine rings is 1. The van der Waals surface area contributed by atoms with Crippen molar-refractivity contribution in [1.29, 1.82) is 0 Å². The second kappa shape index (κ2) is 11.2. The molecule has 3 aliphatic heterocycles. The SMILES string of the molecule is O=C(COc1ccc(Br)cc1[C@@H]1c2sc(=O)[nH]c2S[C@H]2C(=O)N(c3cccc(C(F)(F)F)c3)C(=O)[C@@H]12)N1CCOCC1. The molecule has 2 fully saturated rings. The molecule has 2 aromatic carbocycles. The smallest absolute Gasteiger partial charge is 0.416 e. The van der Waals surface area contributed by atoms with Gasteiger partial charge in [0.05, 0.1) is 35.4 Å². The van der Waals surface area contributed by atoms with Gasteiger partial charge in [-0.3, -0.25) is 19.2 Å². The molecule has 15 heteroatoms. The van der Waals surface area contributed by atoms with Crippen LogP contribution in [-0.2, 0) is 25.3 Å². The molecule has 0 saturated carbocycles. The van der Waals surface area contributed by atoms with Crippen LogP contribution in [0, 0.1) is 5.92 Å². The van der Waals surface area contributed by atoms with Crippen molar-refractivity contribution in [1.82, 2.24) is 9.88 Å². The molecule has 1 N–H and O–H groups in total. The van der Waals surface area contributed by atoms with Crippen molar-refractivity contribution in [2.45, 2.75) is 22.4 Å². The fourth-order valence-corrected chi connectivity index (χ4v) is 8.25. The summed E-state index contributed by atoms with van der Waals surface area (Å²) < 4.78 is 52.3.